The maximum Gasteiger partial charge on any atom is 0.225 e. The molecule has 2 amide bonds. The average molecular weight is 250 g/mol. The Hall–Kier alpha value is -1.06. The number of nitrogens with zero attached hydrogens (tertiary/aromatic N) is 1. The first-order chi connectivity index (χ1) is 8.74. The topological polar surface area (TPSA) is 49.4 Å². The normalized spacial score (nSPS) is 25.0. The van der Waals surface area contributed by atoms with Gasteiger partial charge in [0, 0.05) is 31.5 Å². The van der Waals surface area contributed by atoms with Gasteiger partial charge in [-0.15, -0.1) is 0 Å². The van der Waals surface area contributed by atoms with Gasteiger partial charge in [0.2, 0.25) is 11.8 Å². The Morgan fingerprint density at radius 2 is 1.61 bits per heavy atom. The van der Waals surface area contributed by atoms with E-state index in [4.69, 9.17) is 0 Å². The summed E-state index contributed by atoms with van der Waals surface area (Å²) in [6, 6.07) is 0. The molecule has 2 aliphatic carbocycles. The summed E-state index contributed by atoms with van der Waals surface area (Å²) < 4.78 is 0. The van der Waals surface area contributed by atoms with Crippen molar-refractivity contribution < 1.29 is 9.59 Å². The van der Waals surface area contributed by atoms with Crippen LogP contribution < -0.4 is 5.32 Å². The number of hydrogen-bond donors (Lipinski definition) is 1. The van der Waals surface area contributed by atoms with Gasteiger partial charge in [0.15, 0.2) is 0 Å². The third-order valence-electron chi connectivity index (χ3n) is 4.37. The van der Waals surface area contributed by atoms with Gasteiger partial charge in [-0.05, 0) is 44.4 Å². The van der Waals surface area contributed by atoms with E-state index in [1.807, 2.05) is 4.90 Å². The maximum absolute atomic E-state index is 11.9. The first-order valence-corrected chi connectivity index (χ1v) is 7.30. The summed E-state index contributed by atoms with van der Waals surface area (Å²) in [6.45, 7) is 2.41. The van der Waals surface area contributed by atoms with Crippen LogP contribution in [0.5, 0.6) is 0 Å². The molecule has 100 valence electrons. The molecule has 18 heavy (non-hydrogen) atoms. The summed E-state index contributed by atoms with van der Waals surface area (Å²) in [5.41, 5.74) is 0. The minimum Gasteiger partial charge on any atom is -0.356 e. The predicted molar refractivity (Wildman–Crippen MR) is 67.8 cm³/mol. The molecule has 3 fully saturated rings. The first-order valence-electron chi connectivity index (χ1n) is 7.30. The molecule has 0 aromatic carbocycles. The van der Waals surface area contributed by atoms with Crippen LogP contribution in [0.2, 0.25) is 0 Å². The third-order valence-corrected chi connectivity index (χ3v) is 4.37. The molecule has 0 aromatic heterocycles. The quantitative estimate of drug-likeness (QED) is 0.814. The average Bonchev–Trinajstić information content (AvgIpc) is 3.29. The zero-order valence-electron chi connectivity index (χ0n) is 10.9. The summed E-state index contributed by atoms with van der Waals surface area (Å²) >= 11 is 0. The van der Waals surface area contributed by atoms with Crippen LogP contribution in [-0.4, -0.2) is 36.3 Å². The van der Waals surface area contributed by atoms with Gasteiger partial charge in [-0.2, -0.15) is 0 Å². The maximum atomic E-state index is 11.9. The van der Waals surface area contributed by atoms with Crippen LogP contribution >= 0.6 is 0 Å². The molecule has 0 unspecified atom stereocenters. The van der Waals surface area contributed by atoms with Crippen molar-refractivity contribution in [3.63, 3.8) is 0 Å². The molecular formula is C14H22N2O2. The van der Waals surface area contributed by atoms with Crippen LogP contribution in [-0.2, 0) is 9.59 Å². The number of piperidine rings is 1. The van der Waals surface area contributed by atoms with Crippen LogP contribution in [0.15, 0.2) is 0 Å². The second-order valence-corrected chi connectivity index (χ2v) is 6.06. The van der Waals surface area contributed by atoms with E-state index in [0.29, 0.717) is 11.8 Å². The van der Waals surface area contributed by atoms with Gasteiger partial charge < -0.3 is 10.2 Å². The Kier molecular flexibility index (Phi) is 3.27. The van der Waals surface area contributed by atoms with Gasteiger partial charge in [0.1, 0.15) is 0 Å². The Morgan fingerprint density at radius 1 is 0.944 bits per heavy atom. The van der Waals surface area contributed by atoms with Crippen molar-refractivity contribution in [3.8, 4) is 0 Å². The molecule has 3 rings (SSSR count). The highest BCUT2D eigenvalue weighted by Gasteiger charge is 2.36. The number of hydrogen-bond acceptors (Lipinski definition) is 2. The predicted octanol–water partition coefficient (Wildman–Crippen LogP) is 1.16. The molecule has 1 N–H and O–H groups in total. The third kappa shape index (κ3) is 2.85. The summed E-state index contributed by atoms with van der Waals surface area (Å²) in [5.74, 6) is 1.72. The molecule has 1 saturated heterocycles. The van der Waals surface area contributed by atoms with Crippen LogP contribution in [0.3, 0.4) is 0 Å². The second-order valence-electron chi connectivity index (χ2n) is 6.06. The van der Waals surface area contributed by atoms with Crippen molar-refractivity contribution >= 4 is 11.8 Å². The van der Waals surface area contributed by atoms with E-state index in [2.05, 4.69) is 5.32 Å². The van der Waals surface area contributed by atoms with Gasteiger partial charge >= 0.3 is 0 Å². The number of amides is 2. The van der Waals surface area contributed by atoms with Gasteiger partial charge in [0.05, 0.1) is 0 Å². The minimum atomic E-state index is 0.131. The van der Waals surface area contributed by atoms with Crippen molar-refractivity contribution in [1.82, 2.24) is 10.2 Å². The Bertz CT molecular complexity index is 340. The molecule has 1 heterocycles. The second kappa shape index (κ2) is 4.90. The monoisotopic (exact) mass is 250 g/mol. The number of likely N-dealkylation sites (tertiary alicyclic amines) is 1. The standard InChI is InChI=1S/C14H22N2O2/c17-13(15-9-10-1-2-10)11-5-7-16(8-6-11)14(18)12-3-4-12/h10-12H,1-9H2,(H,15,17). The van der Waals surface area contributed by atoms with E-state index < -0.39 is 0 Å². The van der Waals surface area contributed by atoms with Gasteiger partial charge in [-0.3, -0.25) is 9.59 Å². The molecule has 3 aliphatic rings. The van der Waals surface area contributed by atoms with Crippen molar-refractivity contribution in [2.24, 2.45) is 17.8 Å². The lowest BCUT2D eigenvalue weighted by molar-refractivity contribution is -0.136. The summed E-state index contributed by atoms with van der Waals surface area (Å²) in [5, 5.41) is 3.05. The van der Waals surface area contributed by atoms with E-state index in [9.17, 15) is 9.59 Å². The van der Waals surface area contributed by atoms with Crippen LogP contribution in [0, 0.1) is 17.8 Å². The Morgan fingerprint density at radius 3 is 2.17 bits per heavy atom. The Labute approximate surface area is 108 Å². The summed E-state index contributed by atoms with van der Waals surface area (Å²) in [7, 11) is 0. The molecule has 2 saturated carbocycles. The van der Waals surface area contributed by atoms with Crippen molar-refractivity contribution in [3.05, 3.63) is 0 Å². The number of carbonyl (C=O) groups is 2. The zero-order valence-corrected chi connectivity index (χ0v) is 10.9. The minimum absolute atomic E-state index is 0.131. The van der Waals surface area contributed by atoms with Crippen molar-refractivity contribution in [2.75, 3.05) is 19.6 Å². The highest BCUT2D eigenvalue weighted by atomic mass is 16.2. The largest absolute Gasteiger partial charge is 0.356 e. The number of carbonyl (C=O) groups excluding carboxylic acids is 2. The molecule has 0 spiro atoms. The molecule has 4 heteroatoms. The zero-order chi connectivity index (χ0) is 12.5. The highest BCUT2D eigenvalue weighted by molar-refractivity contribution is 5.82. The fraction of sp³-hybridized carbons (Fsp3) is 0.857. The van der Waals surface area contributed by atoms with E-state index >= 15 is 0 Å². The first kappa shape index (κ1) is 12.0. The molecule has 4 nitrogen and oxygen atoms in total. The number of nitrogens with one attached hydrogen (secondary N) is 1. The molecular weight excluding hydrogens is 228 g/mol. The van der Waals surface area contributed by atoms with Crippen molar-refractivity contribution in [1.29, 1.82) is 0 Å². The van der Waals surface area contributed by atoms with Crippen LogP contribution in [0.1, 0.15) is 38.5 Å². The van der Waals surface area contributed by atoms with E-state index in [1.165, 1.54) is 12.8 Å². The SMILES string of the molecule is O=C(NCC1CC1)C1CCN(C(=O)C2CC2)CC1. The van der Waals surface area contributed by atoms with Gasteiger partial charge in [-0.25, -0.2) is 0 Å². The van der Waals surface area contributed by atoms with Crippen LogP contribution in [0.4, 0.5) is 0 Å². The Balaban J connectivity index is 1.40. The molecule has 0 radical (unpaired) electrons. The smallest absolute Gasteiger partial charge is 0.225 e. The lowest BCUT2D eigenvalue weighted by atomic mass is 9.95. The number of rotatable bonds is 4. The fourth-order valence-corrected chi connectivity index (χ4v) is 2.66. The molecule has 0 bridgehead atoms. The van der Waals surface area contributed by atoms with Crippen LogP contribution in [0.25, 0.3) is 0 Å². The van der Waals surface area contributed by atoms with Gasteiger partial charge in [-0.1, -0.05) is 0 Å². The highest BCUT2D eigenvalue weighted by Crippen LogP contribution is 2.32. The molecule has 1 aliphatic heterocycles. The van der Waals surface area contributed by atoms with E-state index in [-0.39, 0.29) is 11.8 Å². The van der Waals surface area contributed by atoms with E-state index in [0.717, 1.165) is 51.2 Å². The fourth-order valence-electron chi connectivity index (χ4n) is 2.66. The molecule has 0 aromatic rings. The molecule has 0 atom stereocenters. The lowest BCUT2D eigenvalue weighted by Gasteiger charge is -2.31. The van der Waals surface area contributed by atoms with Gasteiger partial charge in [0.25, 0.3) is 0 Å². The summed E-state index contributed by atoms with van der Waals surface area (Å²) in [4.78, 5) is 25.8. The lowest BCUT2D eigenvalue weighted by Crippen LogP contribution is -2.43. The van der Waals surface area contributed by atoms with E-state index in [1.54, 1.807) is 0 Å². The van der Waals surface area contributed by atoms with Crippen molar-refractivity contribution in [2.45, 2.75) is 38.5 Å². The summed E-state index contributed by atoms with van der Waals surface area (Å²) in [6.07, 6.45) is 6.37.